The molecule has 0 N–H and O–H groups in total. The molecule has 1 saturated heterocycles. The van der Waals surface area contributed by atoms with Crippen molar-refractivity contribution in [3.63, 3.8) is 0 Å². The van der Waals surface area contributed by atoms with Crippen LogP contribution in [0.3, 0.4) is 0 Å². The van der Waals surface area contributed by atoms with Crippen molar-refractivity contribution in [3.8, 4) is 0 Å². The molecule has 1 saturated carbocycles. The fourth-order valence-corrected chi connectivity index (χ4v) is 5.59. The summed E-state index contributed by atoms with van der Waals surface area (Å²) in [6, 6.07) is 8.70. The number of aromatic nitrogens is 2. The van der Waals surface area contributed by atoms with E-state index in [1.54, 1.807) is 0 Å². The van der Waals surface area contributed by atoms with Gasteiger partial charge in [0.05, 0.1) is 0 Å². The molecule has 25 heavy (non-hydrogen) atoms. The van der Waals surface area contributed by atoms with Crippen molar-refractivity contribution >= 4 is 27.9 Å². The molecule has 0 amide bonds. The Labute approximate surface area is 148 Å². The van der Waals surface area contributed by atoms with Gasteiger partial charge in [-0.25, -0.2) is 9.97 Å². The Hall–Kier alpha value is -2.10. The summed E-state index contributed by atoms with van der Waals surface area (Å²) in [5, 5.41) is 1.08. The molecule has 0 radical (unpaired) electrons. The fraction of sp³-hybridized carbons (Fsp3) is 0.524. The number of hydrogen-bond donors (Lipinski definition) is 0. The van der Waals surface area contributed by atoms with Gasteiger partial charge in [0.1, 0.15) is 16.9 Å². The number of para-hydroxylation sites is 1. The van der Waals surface area contributed by atoms with Crippen LogP contribution in [0.4, 0.5) is 5.82 Å². The van der Waals surface area contributed by atoms with Crippen molar-refractivity contribution in [2.24, 2.45) is 10.8 Å². The molecule has 5 rings (SSSR count). The molecule has 1 aromatic carbocycles. The number of anilines is 1. The van der Waals surface area contributed by atoms with Crippen molar-refractivity contribution in [1.82, 2.24) is 9.97 Å². The van der Waals surface area contributed by atoms with E-state index in [4.69, 9.17) is 14.4 Å². The summed E-state index contributed by atoms with van der Waals surface area (Å²) in [4.78, 5) is 12.0. The summed E-state index contributed by atoms with van der Waals surface area (Å²) in [5.74, 6) is 1.81. The quantitative estimate of drug-likeness (QED) is 0.621. The van der Waals surface area contributed by atoms with E-state index in [-0.39, 0.29) is 0 Å². The zero-order valence-electron chi connectivity index (χ0n) is 15.5. The third-order valence-corrected chi connectivity index (χ3v) is 6.00. The Morgan fingerprint density at radius 3 is 2.76 bits per heavy atom. The number of benzene rings is 1. The lowest BCUT2D eigenvalue weighted by molar-refractivity contribution is 0.136. The lowest BCUT2D eigenvalue weighted by Crippen LogP contribution is -2.35. The monoisotopic (exact) mass is 335 g/mol. The summed E-state index contributed by atoms with van der Waals surface area (Å²) < 4.78 is 6.22. The predicted molar refractivity (Wildman–Crippen MR) is 101 cm³/mol. The first kappa shape index (κ1) is 15.2. The minimum Gasteiger partial charge on any atom is -0.450 e. The zero-order chi connectivity index (χ0) is 17.4. The summed E-state index contributed by atoms with van der Waals surface area (Å²) in [6.07, 6.45) is 3.74. The topological polar surface area (TPSA) is 42.2 Å². The second-order valence-corrected chi connectivity index (χ2v) is 9.21. The standard InChI is InChI=1S/C21H25N3O/c1-13-22-17-15-7-5-6-8-16(15)25-18(17)19(23-13)24-12-21(4)10-14(24)9-20(2,3)11-21/h5-8,14H,9-12H2,1-4H3. The smallest absolute Gasteiger partial charge is 0.196 e. The molecule has 4 heteroatoms. The number of aryl methyl sites for hydroxylation is 1. The zero-order valence-corrected chi connectivity index (χ0v) is 15.5. The Morgan fingerprint density at radius 2 is 1.92 bits per heavy atom. The van der Waals surface area contributed by atoms with Crippen LogP contribution in [0.25, 0.3) is 22.1 Å². The Kier molecular flexibility index (Phi) is 2.88. The largest absolute Gasteiger partial charge is 0.450 e. The molecule has 2 atom stereocenters. The maximum absolute atomic E-state index is 6.22. The van der Waals surface area contributed by atoms with Crippen molar-refractivity contribution in [1.29, 1.82) is 0 Å². The maximum Gasteiger partial charge on any atom is 0.196 e. The first-order chi connectivity index (χ1) is 11.8. The van der Waals surface area contributed by atoms with Gasteiger partial charge in [-0.1, -0.05) is 32.9 Å². The van der Waals surface area contributed by atoms with E-state index < -0.39 is 0 Å². The second kappa shape index (κ2) is 4.75. The summed E-state index contributed by atoms with van der Waals surface area (Å²) in [5.41, 5.74) is 3.45. The molecule has 0 spiro atoms. The second-order valence-electron chi connectivity index (χ2n) is 9.21. The van der Waals surface area contributed by atoms with E-state index in [1.165, 1.54) is 19.3 Å². The Bertz CT molecular complexity index is 989. The van der Waals surface area contributed by atoms with Gasteiger partial charge in [0.25, 0.3) is 0 Å². The van der Waals surface area contributed by atoms with Crippen molar-refractivity contribution in [3.05, 3.63) is 30.1 Å². The van der Waals surface area contributed by atoms with Crippen molar-refractivity contribution < 1.29 is 4.42 Å². The Morgan fingerprint density at radius 1 is 1.12 bits per heavy atom. The van der Waals surface area contributed by atoms with E-state index in [9.17, 15) is 0 Å². The van der Waals surface area contributed by atoms with Gasteiger partial charge in [0, 0.05) is 18.0 Å². The van der Waals surface area contributed by atoms with Crippen LogP contribution in [0.2, 0.25) is 0 Å². The molecule has 2 aliphatic rings. The van der Waals surface area contributed by atoms with Crippen LogP contribution >= 0.6 is 0 Å². The van der Waals surface area contributed by atoms with Crippen molar-refractivity contribution in [2.75, 3.05) is 11.4 Å². The lowest BCUT2D eigenvalue weighted by atomic mass is 9.65. The van der Waals surface area contributed by atoms with Crippen LogP contribution in [0.15, 0.2) is 28.7 Å². The molecular formula is C21H25N3O. The van der Waals surface area contributed by atoms with Crippen LogP contribution in [0, 0.1) is 17.8 Å². The molecule has 2 bridgehead atoms. The molecule has 1 aliphatic carbocycles. The highest BCUT2D eigenvalue weighted by atomic mass is 16.3. The van der Waals surface area contributed by atoms with Gasteiger partial charge in [-0.2, -0.15) is 0 Å². The van der Waals surface area contributed by atoms with Gasteiger partial charge in [0.2, 0.25) is 0 Å². The molecule has 2 fully saturated rings. The highest BCUT2D eigenvalue weighted by molar-refractivity contribution is 6.05. The molecule has 2 aromatic heterocycles. The number of nitrogens with zero attached hydrogens (tertiary/aromatic N) is 3. The van der Waals surface area contributed by atoms with Gasteiger partial charge in [0.15, 0.2) is 11.4 Å². The minimum atomic E-state index is 0.365. The van der Waals surface area contributed by atoms with Crippen LogP contribution in [-0.2, 0) is 0 Å². The average molecular weight is 335 g/mol. The van der Waals surface area contributed by atoms with Crippen LogP contribution in [-0.4, -0.2) is 22.6 Å². The Balaban J connectivity index is 1.71. The van der Waals surface area contributed by atoms with Gasteiger partial charge in [-0.05, 0) is 49.1 Å². The molecule has 130 valence electrons. The number of fused-ring (bicyclic) bond motifs is 5. The van der Waals surface area contributed by atoms with E-state index in [1.807, 2.05) is 25.1 Å². The van der Waals surface area contributed by atoms with Gasteiger partial charge >= 0.3 is 0 Å². The predicted octanol–water partition coefficient (Wildman–Crippen LogP) is 5.09. The average Bonchev–Trinajstić information content (AvgIpc) is 3.00. The number of rotatable bonds is 1. The highest BCUT2D eigenvalue weighted by Crippen LogP contribution is 2.54. The first-order valence-corrected chi connectivity index (χ1v) is 9.26. The van der Waals surface area contributed by atoms with Gasteiger partial charge in [-0.3, -0.25) is 0 Å². The van der Waals surface area contributed by atoms with Gasteiger partial charge in [-0.15, -0.1) is 0 Å². The molecule has 2 unspecified atom stereocenters. The summed E-state index contributed by atoms with van der Waals surface area (Å²) >= 11 is 0. The van der Waals surface area contributed by atoms with E-state index in [0.717, 1.165) is 40.3 Å². The molecule has 3 aromatic rings. The van der Waals surface area contributed by atoms with E-state index >= 15 is 0 Å². The molecule has 1 aliphatic heterocycles. The minimum absolute atomic E-state index is 0.365. The summed E-state index contributed by atoms with van der Waals surface area (Å²) in [6.45, 7) is 10.3. The molecule has 3 heterocycles. The van der Waals surface area contributed by atoms with E-state index in [2.05, 4.69) is 31.7 Å². The van der Waals surface area contributed by atoms with E-state index in [0.29, 0.717) is 16.9 Å². The maximum atomic E-state index is 6.22. The number of furan rings is 1. The third kappa shape index (κ3) is 2.26. The third-order valence-electron chi connectivity index (χ3n) is 6.00. The van der Waals surface area contributed by atoms with Crippen LogP contribution in [0.5, 0.6) is 0 Å². The lowest BCUT2D eigenvalue weighted by Gasteiger charge is -2.39. The van der Waals surface area contributed by atoms with Gasteiger partial charge < -0.3 is 9.32 Å². The normalized spacial score (nSPS) is 28.2. The van der Waals surface area contributed by atoms with Crippen molar-refractivity contribution in [2.45, 2.75) is 53.0 Å². The first-order valence-electron chi connectivity index (χ1n) is 9.26. The number of hydrogen-bond acceptors (Lipinski definition) is 4. The summed E-state index contributed by atoms with van der Waals surface area (Å²) in [7, 11) is 0. The SMILES string of the molecule is Cc1nc(N2CC3(C)CC2CC(C)(C)C3)c2oc3ccccc3c2n1. The molecular weight excluding hydrogens is 310 g/mol. The van der Waals surface area contributed by atoms with Crippen LogP contribution in [0.1, 0.15) is 45.9 Å². The highest BCUT2D eigenvalue weighted by Gasteiger charge is 2.50. The fourth-order valence-electron chi connectivity index (χ4n) is 5.59. The molecule has 4 nitrogen and oxygen atoms in total. The van der Waals surface area contributed by atoms with Crippen LogP contribution < -0.4 is 4.90 Å².